The van der Waals surface area contributed by atoms with Crippen molar-refractivity contribution in [3.63, 3.8) is 0 Å². The number of hydrogen-bond donors (Lipinski definition) is 0. The molecule has 3 nitrogen and oxygen atoms in total. The highest BCUT2D eigenvalue weighted by molar-refractivity contribution is 5.17. The summed E-state index contributed by atoms with van der Waals surface area (Å²) in [6, 6.07) is 2.64. The summed E-state index contributed by atoms with van der Waals surface area (Å²) in [5.41, 5.74) is -0.181. The van der Waals surface area contributed by atoms with Crippen molar-refractivity contribution in [2.45, 2.75) is 32.2 Å². The van der Waals surface area contributed by atoms with Gasteiger partial charge in [-0.1, -0.05) is 13.8 Å². The molecule has 1 atom stereocenters. The van der Waals surface area contributed by atoms with Gasteiger partial charge in [0.2, 0.25) is 0 Å². The largest absolute Gasteiger partial charge is 0.300 e. The number of fused-ring (bicyclic) bond motifs is 3. The van der Waals surface area contributed by atoms with Crippen LogP contribution in [0.15, 0.2) is 0 Å². The Hall–Kier alpha value is -0.590. The van der Waals surface area contributed by atoms with E-state index >= 15 is 0 Å². The van der Waals surface area contributed by atoms with Gasteiger partial charge in [-0.2, -0.15) is 5.26 Å². The number of piperidine rings is 3. The summed E-state index contributed by atoms with van der Waals surface area (Å²) in [5.74, 6) is 0.604. The fraction of sp³-hybridized carbons (Fsp3) is 0.917. The number of hydrogen-bond acceptors (Lipinski definition) is 3. The molecule has 3 saturated heterocycles. The second kappa shape index (κ2) is 4.11. The molecule has 15 heavy (non-hydrogen) atoms. The fourth-order valence-corrected chi connectivity index (χ4v) is 3.38. The van der Waals surface area contributed by atoms with E-state index in [0.717, 1.165) is 19.6 Å². The first-order chi connectivity index (χ1) is 7.26. The van der Waals surface area contributed by atoms with Crippen molar-refractivity contribution >= 4 is 0 Å². The lowest BCUT2D eigenvalue weighted by atomic mass is 9.72. The molecule has 3 aliphatic rings. The highest BCUT2D eigenvalue weighted by Gasteiger charge is 2.49. The van der Waals surface area contributed by atoms with Gasteiger partial charge in [0.15, 0.2) is 0 Å². The SMILES string of the molecule is CCN(CC)C1(C#N)CN2CCC1CC2. The quantitative estimate of drug-likeness (QED) is 0.699. The lowest BCUT2D eigenvalue weighted by molar-refractivity contribution is -0.0341. The first kappa shape index (κ1) is 10.9. The van der Waals surface area contributed by atoms with E-state index in [1.54, 1.807) is 0 Å². The summed E-state index contributed by atoms with van der Waals surface area (Å²) in [6.45, 7) is 9.70. The zero-order valence-corrected chi connectivity index (χ0v) is 9.87. The molecule has 3 aliphatic heterocycles. The standard InChI is InChI=1S/C12H21N3/c1-3-15(4-2)12(9-13)10-14-7-5-11(12)6-8-14/h11H,3-8,10H2,1-2H3. The third-order valence-electron chi connectivity index (χ3n) is 4.25. The molecule has 0 aliphatic carbocycles. The van der Waals surface area contributed by atoms with Gasteiger partial charge < -0.3 is 4.90 Å². The van der Waals surface area contributed by atoms with E-state index in [2.05, 4.69) is 29.7 Å². The molecule has 0 radical (unpaired) electrons. The molecular weight excluding hydrogens is 186 g/mol. The van der Waals surface area contributed by atoms with Crippen molar-refractivity contribution in [2.75, 3.05) is 32.7 Å². The molecule has 2 bridgehead atoms. The molecule has 0 aromatic heterocycles. The van der Waals surface area contributed by atoms with Crippen molar-refractivity contribution in [1.82, 2.24) is 9.80 Å². The molecule has 0 aromatic carbocycles. The minimum atomic E-state index is -0.181. The summed E-state index contributed by atoms with van der Waals surface area (Å²) >= 11 is 0. The number of rotatable bonds is 3. The van der Waals surface area contributed by atoms with Crippen LogP contribution in [0, 0.1) is 17.2 Å². The molecular formula is C12H21N3. The lowest BCUT2D eigenvalue weighted by Crippen LogP contribution is -2.66. The first-order valence-electron chi connectivity index (χ1n) is 6.15. The van der Waals surface area contributed by atoms with Gasteiger partial charge in [0.1, 0.15) is 5.54 Å². The van der Waals surface area contributed by atoms with E-state index in [1.807, 2.05) is 0 Å². The van der Waals surface area contributed by atoms with Crippen LogP contribution in [-0.2, 0) is 0 Å². The minimum Gasteiger partial charge on any atom is -0.300 e. The predicted molar refractivity (Wildman–Crippen MR) is 60.4 cm³/mol. The van der Waals surface area contributed by atoms with Crippen LogP contribution in [0.1, 0.15) is 26.7 Å². The lowest BCUT2D eigenvalue weighted by Gasteiger charge is -2.54. The van der Waals surface area contributed by atoms with Crippen LogP contribution in [0.4, 0.5) is 0 Å². The van der Waals surface area contributed by atoms with Crippen molar-refractivity contribution in [3.8, 4) is 6.07 Å². The Kier molecular flexibility index (Phi) is 2.99. The summed E-state index contributed by atoms with van der Waals surface area (Å²) < 4.78 is 0. The zero-order chi connectivity index (χ0) is 10.9. The fourth-order valence-electron chi connectivity index (χ4n) is 3.38. The molecule has 84 valence electrons. The molecule has 0 spiro atoms. The molecule has 3 rings (SSSR count). The summed E-state index contributed by atoms with van der Waals surface area (Å²) in [5, 5.41) is 9.58. The topological polar surface area (TPSA) is 30.3 Å². The summed E-state index contributed by atoms with van der Waals surface area (Å²) in [6.07, 6.45) is 2.42. The third kappa shape index (κ3) is 1.56. The van der Waals surface area contributed by atoms with Gasteiger partial charge in [0.25, 0.3) is 0 Å². The van der Waals surface area contributed by atoms with Crippen LogP contribution >= 0.6 is 0 Å². The highest BCUT2D eigenvalue weighted by atomic mass is 15.3. The smallest absolute Gasteiger partial charge is 0.124 e. The Labute approximate surface area is 92.7 Å². The van der Waals surface area contributed by atoms with Gasteiger partial charge >= 0.3 is 0 Å². The molecule has 1 unspecified atom stereocenters. The van der Waals surface area contributed by atoms with Crippen LogP contribution in [-0.4, -0.2) is 48.1 Å². The van der Waals surface area contributed by atoms with Crippen molar-refractivity contribution < 1.29 is 0 Å². The van der Waals surface area contributed by atoms with E-state index in [4.69, 9.17) is 0 Å². The molecule has 3 heterocycles. The monoisotopic (exact) mass is 207 g/mol. The van der Waals surface area contributed by atoms with Crippen molar-refractivity contribution in [3.05, 3.63) is 0 Å². The molecule has 0 N–H and O–H groups in total. The second-order valence-corrected chi connectivity index (χ2v) is 4.76. The van der Waals surface area contributed by atoms with Crippen LogP contribution < -0.4 is 0 Å². The zero-order valence-electron chi connectivity index (χ0n) is 9.87. The van der Waals surface area contributed by atoms with E-state index in [1.165, 1.54) is 25.9 Å². The molecule has 0 amide bonds. The Balaban J connectivity index is 2.25. The Morgan fingerprint density at radius 3 is 2.27 bits per heavy atom. The van der Waals surface area contributed by atoms with Gasteiger partial charge in [0, 0.05) is 6.54 Å². The summed E-state index contributed by atoms with van der Waals surface area (Å²) in [7, 11) is 0. The number of nitriles is 1. The van der Waals surface area contributed by atoms with Crippen LogP contribution in [0.2, 0.25) is 0 Å². The molecule has 3 fully saturated rings. The van der Waals surface area contributed by atoms with Gasteiger partial charge in [0.05, 0.1) is 6.07 Å². The van der Waals surface area contributed by atoms with Gasteiger partial charge in [-0.25, -0.2) is 0 Å². The Bertz CT molecular complexity index is 255. The maximum Gasteiger partial charge on any atom is 0.124 e. The van der Waals surface area contributed by atoms with E-state index in [9.17, 15) is 5.26 Å². The van der Waals surface area contributed by atoms with Crippen LogP contribution in [0.3, 0.4) is 0 Å². The maximum absolute atomic E-state index is 9.58. The normalized spacial score (nSPS) is 39.3. The average Bonchev–Trinajstić information content (AvgIpc) is 2.32. The van der Waals surface area contributed by atoms with E-state index in [0.29, 0.717) is 5.92 Å². The van der Waals surface area contributed by atoms with Crippen molar-refractivity contribution in [2.24, 2.45) is 5.92 Å². The van der Waals surface area contributed by atoms with Gasteiger partial charge in [-0.15, -0.1) is 0 Å². The number of nitrogens with zero attached hydrogens (tertiary/aromatic N) is 3. The molecule has 0 saturated carbocycles. The molecule has 0 aromatic rings. The summed E-state index contributed by atoms with van der Waals surface area (Å²) in [4.78, 5) is 4.82. The van der Waals surface area contributed by atoms with Crippen LogP contribution in [0.25, 0.3) is 0 Å². The maximum atomic E-state index is 9.58. The highest BCUT2D eigenvalue weighted by Crippen LogP contribution is 2.39. The third-order valence-corrected chi connectivity index (χ3v) is 4.25. The molecule has 3 heteroatoms. The minimum absolute atomic E-state index is 0.181. The second-order valence-electron chi connectivity index (χ2n) is 4.76. The van der Waals surface area contributed by atoms with E-state index in [-0.39, 0.29) is 5.54 Å². The Morgan fingerprint density at radius 2 is 1.93 bits per heavy atom. The average molecular weight is 207 g/mol. The Morgan fingerprint density at radius 1 is 1.33 bits per heavy atom. The first-order valence-corrected chi connectivity index (χ1v) is 6.15. The van der Waals surface area contributed by atoms with E-state index < -0.39 is 0 Å². The predicted octanol–water partition coefficient (Wildman–Crippen LogP) is 1.32. The van der Waals surface area contributed by atoms with Gasteiger partial charge in [-0.05, 0) is 44.9 Å². The van der Waals surface area contributed by atoms with Crippen molar-refractivity contribution in [1.29, 1.82) is 5.26 Å². The number of likely N-dealkylation sites (N-methyl/N-ethyl adjacent to an activating group) is 1. The van der Waals surface area contributed by atoms with Crippen LogP contribution in [0.5, 0.6) is 0 Å². The van der Waals surface area contributed by atoms with Gasteiger partial charge in [-0.3, -0.25) is 4.90 Å².